The van der Waals surface area contributed by atoms with E-state index in [2.05, 4.69) is 20.5 Å². The molecule has 1 atom stereocenters. The Kier molecular flexibility index (Phi) is 4.49. The molecule has 0 saturated carbocycles. The molecule has 0 aliphatic carbocycles. The fourth-order valence-electron chi connectivity index (χ4n) is 3.26. The number of halogens is 1. The molecule has 2 aromatic carbocycles. The maximum Gasteiger partial charge on any atom is 0.258 e. The highest BCUT2D eigenvalue weighted by Crippen LogP contribution is 2.31. The van der Waals surface area contributed by atoms with Gasteiger partial charge in [-0.1, -0.05) is 40.2 Å². The molecule has 0 saturated heterocycles. The number of methoxy groups -OCH3 is 1. The highest BCUT2D eigenvalue weighted by atomic mass is 35.5. The second-order valence-corrected chi connectivity index (χ2v) is 7.01. The lowest BCUT2D eigenvalue weighted by Gasteiger charge is -2.24. The van der Waals surface area contributed by atoms with E-state index in [1.807, 2.05) is 53.2 Å². The van der Waals surface area contributed by atoms with Crippen molar-refractivity contribution in [2.24, 2.45) is 0 Å². The average Bonchev–Trinajstić information content (AvgIpc) is 3.41. The summed E-state index contributed by atoms with van der Waals surface area (Å²) in [4.78, 5) is 4.47. The van der Waals surface area contributed by atoms with E-state index >= 15 is 0 Å². The summed E-state index contributed by atoms with van der Waals surface area (Å²) in [7, 11) is 1.61. The van der Waals surface area contributed by atoms with Crippen LogP contribution >= 0.6 is 11.6 Å². The zero-order valence-corrected chi connectivity index (χ0v) is 16.2. The predicted octanol–water partition coefficient (Wildman–Crippen LogP) is 3.93. The molecule has 4 aromatic rings. The fourth-order valence-corrected chi connectivity index (χ4v) is 3.38. The molecule has 0 bridgehead atoms. The number of ether oxygens (including phenoxy) is 2. The Hall–Kier alpha value is -3.23. The molecule has 0 radical (unpaired) electrons. The lowest BCUT2D eigenvalue weighted by molar-refractivity contribution is -0.00111. The van der Waals surface area contributed by atoms with Gasteiger partial charge in [-0.25, -0.2) is 4.68 Å². The molecule has 8 nitrogen and oxygen atoms in total. The minimum atomic E-state index is -0.119. The first kappa shape index (κ1) is 17.8. The van der Waals surface area contributed by atoms with Crippen molar-refractivity contribution in [3.63, 3.8) is 0 Å². The second kappa shape index (κ2) is 7.31. The Morgan fingerprint density at radius 1 is 1.17 bits per heavy atom. The van der Waals surface area contributed by atoms with Crippen LogP contribution in [0.3, 0.4) is 0 Å². The zero-order valence-electron chi connectivity index (χ0n) is 15.4. The van der Waals surface area contributed by atoms with Crippen molar-refractivity contribution in [2.45, 2.75) is 19.3 Å². The Bertz CT molecular complexity index is 1160. The summed E-state index contributed by atoms with van der Waals surface area (Å²) < 4.78 is 18.5. The van der Waals surface area contributed by atoms with E-state index in [1.54, 1.807) is 7.11 Å². The summed E-state index contributed by atoms with van der Waals surface area (Å²) in [6.45, 7) is 0.892. The van der Waals surface area contributed by atoms with Crippen molar-refractivity contribution in [3.05, 3.63) is 64.8 Å². The van der Waals surface area contributed by atoms with Gasteiger partial charge >= 0.3 is 0 Å². The van der Waals surface area contributed by atoms with Crippen LogP contribution in [0.2, 0.25) is 5.02 Å². The lowest BCUT2D eigenvalue weighted by atomic mass is 10.1. The van der Waals surface area contributed by atoms with Gasteiger partial charge in [-0.2, -0.15) is 4.98 Å². The molecule has 9 heteroatoms. The van der Waals surface area contributed by atoms with Crippen LogP contribution in [0.25, 0.3) is 23.0 Å². The molecule has 0 unspecified atom stereocenters. The third kappa shape index (κ3) is 3.37. The van der Waals surface area contributed by atoms with E-state index in [0.717, 1.165) is 16.8 Å². The molecule has 0 N–H and O–H groups in total. The van der Waals surface area contributed by atoms with Crippen molar-refractivity contribution >= 4 is 11.6 Å². The summed E-state index contributed by atoms with van der Waals surface area (Å²) in [5.41, 5.74) is 3.17. The quantitative estimate of drug-likeness (QED) is 0.504. The third-order valence-electron chi connectivity index (χ3n) is 4.79. The van der Waals surface area contributed by atoms with Crippen molar-refractivity contribution in [1.82, 2.24) is 25.1 Å². The first-order valence-electron chi connectivity index (χ1n) is 8.99. The lowest BCUT2D eigenvalue weighted by Crippen LogP contribution is -2.22. The zero-order chi connectivity index (χ0) is 19.8. The molecule has 0 fully saturated rings. The number of hydrogen-bond donors (Lipinski definition) is 0. The number of benzene rings is 2. The highest BCUT2D eigenvalue weighted by Gasteiger charge is 2.27. The fraction of sp³-hybridized carbons (Fsp3) is 0.200. The van der Waals surface area contributed by atoms with Crippen molar-refractivity contribution in [2.75, 3.05) is 7.11 Å². The van der Waals surface area contributed by atoms with Crippen LogP contribution < -0.4 is 4.74 Å². The van der Waals surface area contributed by atoms with Crippen molar-refractivity contribution < 1.29 is 14.0 Å². The maximum absolute atomic E-state index is 6.03. The summed E-state index contributed by atoms with van der Waals surface area (Å²) in [5, 5.41) is 13.3. The van der Waals surface area contributed by atoms with Crippen LogP contribution in [0.5, 0.6) is 5.75 Å². The van der Waals surface area contributed by atoms with E-state index in [-0.39, 0.29) is 6.10 Å². The Morgan fingerprint density at radius 2 is 2.03 bits per heavy atom. The molecule has 29 heavy (non-hydrogen) atoms. The Labute approximate surface area is 171 Å². The molecule has 1 aliphatic rings. The first-order valence-corrected chi connectivity index (χ1v) is 9.37. The van der Waals surface area contributed by atoms with Gasteiger partial charge in [0, 0.05) is 10.6 Å². The molecule has 0 amide bonds. The molecule has 0 spiro atoms. The van der Waals surface area contributed by atoms with Gasteiger partial charge in [0.1, 0.15) is 11.9 Å². The molecule has 1 aliphatic heterocycles. The molecular formula is C20H16ClN5O3. The average molecular weight is 410 g/mol. The Morgan fingerprint density at radius 3 is 2.86 bits per heavy atom. The maximum atomic E-state index is 6.03. The van der Waals surface area contributed by atoms with E-state index in [1.165, 1.54) is 0 Å². The van der Waals surface area contributed by atoms with Crippen LogP contribution in [0.1, 0.15) is 17.4 Å². The molecule has 146 valence electrons. The van der Waals surface area contributed by atoms with Crippen LogP contribution in [0, 0.1) is 0 Å². The molecule has 2 aromatic heterocycles. The summed E-state index contributed by atoms with van der Waals surface area (Å²) in [6.07, 6.45) is -0.119. The normalized spacial score (nSPS) is 15.9. The molecular weight excluding hydrogens is 394 g/mol. The topological polar surface area (TPSA) is 88.1 Å². The van der Waals surface area contributed by atoms with Crippen LogP contribution in [0.4, 0.5) is 0 Å². The largest absolute Gasteiger partial charge is 0.497 e. The second-order valence-electron chi connectivity index (χ2n) is 6.57. The monoisotopic (exact) mass is 409 g/mol. The molecule has 3 heterocycles. The Balaban J connectivity index is 1.40. The minimum Gasteiger partial charge on any atom is -0.497 e. The van der Waals surface area contributed by atoms with E-state index in [0.29, 0.717) is 41.3 Å². The van der Waals surface area contributed by atoms with Gasteiger partial charge in [-0.05, 0) is 35.9 Å². The van der Waals surface area contributed by atoms with Crippen LogP contribution in [-0.4, -0.2) is 32.2 Å². The SMILES string of the molecule is COc1cccc(-c2nc(-c3nnn4c3CO[C@H](c3ccc(Cl)cc3)C4)no2)c1. The number of fused-ring (bicyclic) bond motifs is 1. The molecule has 5 rings (SSSR count). The third-order valence-corrected chi connectivity index (χ3v) is 5.05. The standard InChI is InChI=1S/C20H16ClN5O3/c1-27-15-4-2-3-13(9-15)20-22-19(24-29-20)18-16-11-28-17(10-26(16)25-23-18)12-5-7-14(21)8-6-12/h2-9,17H,10-11H2,1H3/t17-/m0/s1. The van der Waals surface area contributed by atoms with Gasteiger partial charge in [-0.15, -0.1) is 5.10 Å². The van der Waals surface area contributed by atoms with E-state index in [9.17, 15) is 0 Å². The van der Waals surface area contributed by atoms with Gasteiger partial charge in [0.25, 0.3) is 5.89 Å². The van der Waals surface area contributed by atoms with Gasteiger partial charge in [-0.3, -0.25) is 0 Å². The number of hydrogen-bond acceptors (Lipinski definition) is 7. The first-order chi connectivity index (χ1) is 14.2. The van der Waals surface area contributed by atoms with Gasteiger partial charge in [0.2, 0.25) is 5.82 Å². The van der Waals surface area contributed by atoms with Gasteiger partial charge < -0.3 is 14.0 Å². The predicted molar refractivity (Wildman–Crippen MR) is 104 cm³/mol. The summed E-state index contributed by atoms with van der Waals surface area (Å²) >= 11 is 5.97. The number of aromatic nitrogens is 5. The van der Waals surface area contributed by atoms with Gasteiger partial charge in [0.15, 0.2) is 5.69 Å². The van der Waals surface area contributed by atoms with Crippen molar-refractivity contribution in [3.8, 4) is 28.7 Å². The van der Waals surface area contributed by atoms with Crippen LogP contribution in [0.15, 0.2) is 53.1 Å². The highest BCUT2D eigenvalue weighted by molar-refractivity contribution is 6.30. The van der Waals surface area contributed by atoms with Crippen molar-refractivity contribution in [1.29, 1.82) is 0 Å². The number of nitrogens with zero attached hydrogens (tertiary/aromatic N) is 5. The summed E-state index contributed by atoms with van der Waals surface area (Å²) in [5.74, 6) is 1.47. The number of rotatable bonds is 4. The smallest absolute Gasteiger partial charge is 0.258 e. The van der Waals surface area contributed by atoms with Crippen LogP contribution in [-0.2, 0) is 17.9 Å². The van der Waals surface area contributed by atoms with Gasteiger partial charge in [0.05, 0.1) is 26.0 Å². The van der Waals surface area contributed by atoms with E-state index in [4.69, 9.17) is 25.6 Å². The van der Waals surface area contributed by atoms with E-state index < -0.39 is 0 Å². The minimum absolute atomic E-state index is 0.119. The summed E-state index contributed by atoms with van der Waals surface area (Å²) in [6, 6.07) is 15.0.